The van der Waals surface area contributed by atoms with Gasteiger partial charge >= 0.3 is 0 Å². The van der Waals surface area contributed by atoms with Crippen molar-refractivity contribution >= 4 is 40.0 Å². The molecule has 0 radical (unpaired) electrons. The van der Waals surface area contributed by atoms with E-state index >= 15 is 0 Å². The first kappa shape index (κ1) is 21.6. The minimum atomic E-state index is -0.257. The summed E-state index contributed by atoms with van der Waals surface area (Å²) in [5.74, 6) is 1.21. The predicted octanol–water partition coefficient (Wildman–Crippen LogP) is 4.07. The minimum absolute atomic E-state index is 0.00286. The number of aromatic nitrogens is 2. The Kier molecular flexibility index (Phi) is 7.49. The standard InChI is InChI=1S/C20H26N4O3S2/c1-4-28-20-23-22-19(29-20)21-18(26)15-8-10-16(11-9-15)27-12-17(25)24-13(2)6-5-7-14(24)3/h8-11,13-14H,4-7,12H2,1-3H3,(H,21,22,26). The van der Waals surface area contributed by atoms with E-state index in [9.17, 15) is 9.59 Å². The molecule has 2 amide bonds. The van der Waals surface area contributed by atoms with E-state index in [1.165, 1.54) is 11.3 Å². The highest BCUT2D eigenvalue weighted by Gasteiger charge is 2.28. The zero-order valence-electron chi connectivity index (χ0n) is 16.9. The molecule has 1 N–H and O–H groups in total. The third-order valence-electron chi connectivity index (χ3n) is 4.86. The maximum Gasteiger partial charge on any atom is 0.260 e. The van der Waals surface area contributed by atoms with Gasteiger partial charge in [-0.1, -0.05) is 30.0 Å². The van der Waals surface area contributed by atoms with Crippen LogP contribution in [0.4, 0.5) is 5.13 Å². The molecule has 0 aliphatic carbocycles. The van der Waals surface area contributed by atoms with E-state index in [1.807, 2.05) is 11.8 Å². The van der Waals surface area contributed by atoms with Crippen LogP contribution in [0, 0.1) is 0 Å². The Bertz CT molecular complexity index is 831. The SMILES string of the molecule is CCSc1nnc(NC(=O)c2ccc(OCC(=O)N3C(C)CCCC3C)cc2)s1. The Hall–Kier alpha value is -2.13. The van der Waals surface area contributed by atoms with Crippen LogP contribution in [-0.2, 0) is 4.79 Å². The van der Waals surface area contributed by atoms with Crippen LogP contribution in [0.15, 0.2) is 28.6 Å². The Balaban J connectivity index is 1.52. The number of thioether (sulfide) groups is 1. The van der Waals surface area contributed by atoms with Gasteiger partial charge < -0.3 is 9.64 Å². The summed E-state index contributed by atoms with van der Waals surface area (Å²) in [5, 5.41) is 11.2. The third kappa shape index (κ3) is 5.70. The molecule has 2 aromatic rings. The molecule has 2 atom stereocenters. The highest BCUT2D eigenvalue weighted by Crippen LogP contribution is 2.26. The van der Waals surface area contributed by atoms with Gasteiger partial charge in [0.05, 0.1) is 0 Å². The molecular formula is C20H26N4O3S2. The number of nitrogens with one attached hydrogen (secondary N) is 1. The van der Waals surface area contributed by atoms with Gasteiger partial charge in [0, 0.05) is 17.6 Å². The summed E-state index contributed by atoms with van der Waals surface area (Å²) >= 11 is 2.94. The Morgan fingerprint density at radius 2 is 1.90 bits per heavy atom. The lowest BCUT2D eigenvalue weighted by molar-refractivity contribution is -0.139. The zero-order chi connectivity index (χ0) is 20.8. The number of nitrogens with zero attached hydrogens (tertiary/aromatic N) is 3. The van der Waals surface area contributed by atoms with E-state index < -0.39 is 0 Å². The summed E-state index contributed by atoms with van der Waals surface area (Å²) in [6.45, 7) is 6.21. The molecule has 9 heteroatoms. The van der Waals surface area contributed by atoms with Crippen molar-refractivity contribution < 1.29 is 14.3 Å². The van der Waals surface area contributed by atoms with Crippen molar-refractivity contribution in [2.24, 2.45) is 0 Å². The Labute approximate surface area is 179 Å². The number of likely N-dealkylation sites (tertiary alicyclic amines) is 1. The summed E-state index contributed by atoms with van der Waals surface area (Å²) in [4.78, 5) is 26.8. The fraction of sp³-hybridized carbons (Fsp3) is 0.500. The number of ether oxygens (including phenoxy) is 1. The van der Waals surface area contributed by atoms with Crippen LogP contribution < -0.4 is 10.1 Å². The summed E-state index contributed by atoms with van der Waals surface area (Å²) in [6.07, 6.45) is 3.23. The van der Waals surface area contributed by atoms with Crippen LogP contribution in [0.2, 0.25) is 0 Å². The van der Waals surface area contributed by atoms with E-state index in [0.717, 1.165) is 29.4 Å². The maximum absolute atomic E-state index is 12.5. The van der Waals surface area contributed by atoms with Gasteiger partial charge in [0.25, 0.3) is 11.8 Å². The van der Waals surface area contributed by atoms with Crippen molar-refractivity contribution in [2.45, 2.75) is 56.5 Å². The van der Waals surface area contributed by atoms with Gasteiger partial charge in [-0.05, 0) is 63.1 Å². The Morgan fingerprint density at radius 3 is 2.55 bits per heavy atom. The van der Waals surface area contributed by atoms with Gasteiger partial charge in [0.1, 0.15) is 5.75 Å². The van der Waals surface area contributed by atoms with Crippen molar-refractivity contribution in [1.82, 2.24) is 15.1 Å². The molecule has 2 heterocycles. The second kappa shape index (κ2) is 10.1. The molecule has 1 fully saturated rings. The lowest BCUT2D eigenvalue weighted by Crippen LogP contribution is -2.49. The summed E-state index contributed by atoms with van der Waals surface area (Å²) < 4.78 is 6.48. The molecule has 2 unspecified atom stereocenters. The molecule has 1 aromatic carbocycles. The largest absolute Gasteiger partial charge is 0.484 e. The van der Waals surface area contributed by atoms with Crippen LogP contribution in [0.1, 0.15) is 50.4 Å². The van der Waals surface area contributed by atoms with Crippen LogP contribution >= 0.6 is 23.1 Å². The fourth-order valence-electron chi connectivity index (χ4n) is 3.45. The number of piperidine rings is 1. The summed E-state index contributed by atoms with van der Waals surface area (Å²) in [7, 11) is 0. The predicted molar refractivity (Wildman–Crippen MR) is 116 cm³/mol. The van der Waals surface area contributed by atoms with Crippen LogP contribution in [0.3, 0.4) is 0 Å². The van der Waals surface area contributed by atoms with Gasteiger partial charge in [-0.3, -0.25) is 14.9 Å². The van der Waals surface area contributed by atoms with Crippen molar-refractivity contribution in [2.75, 3.05) is 17.7 Å². The molecule has 1 aromatic heterocycles. The number of amides is 2. The molecule has 3 rings (SSSR count). The van der Waals surface area contributed by atoms with E-state index in [1.54, 1.807) is 36.0 Å². The number of hydrogen-bond donors (Lipinski definition) is 1. The normalized spacial score (nSPS) is 19.1. The van der Waals surface area contributed by atoms with E-state index in [0.29, 0.717) is 16.4 Å². The first-order valence-electron chi connectivity index (χ1n) is 9.79. The molecule has 0 bridgehead atoms. The van der Waals surface area contributed by atoms with Gasteiger partial charge in [-0.15, -0.1) is 10.2 Å². The summed E-state index contributed by atoms with van der Waals surface area (Å²) in [6, 6.07) is 7.23. The minimum Gasteiger partial charge on any atom is -0.484 e. The molecule has 7 nitrogen and oxygen atoms in total. The average Bonchev–Trinajstić information content (AvgIpc) is 3.14. The maximum atomic E-state index is 12.5. The lowest BCUT2D eigenvalue weighted by Gasteiger charge is -2.38. The molecule has 1 aliphatic rings. The van der Waals surface area contributed by atoms with Crippen molar-refractivity contribution in [1.29, 1.82) is 0 Å². The fourth-order valence-corrected chi connectivity index (χ4v) is 5.09. The second-order valence-electron chi connectivity index (χ2n) is 7.00. The van der Waals surface area contributed by atoms with Gasteiger partial charge in [0.15, 0.2) is 10.9 Å². The number of hydrogen-bond acceptors (Lipinski definition) is 7. The van der Waals surface area contributed by atoms with E-state index in [4.69, 9.17) is 4.74 Å². The van der Waals surface area contributed by atoms with Gasteiger partial charge in [-0.2, -0.15) is 0 Å². The van der Waals surface area contributed by atoms with Gasteiger partial charge in [0.2, 0.25) is 5.13 Å². The highest BCUT2D eigenvalue weighted by molar-refractivity contribution is 8.01. The first-order valence-corrected chi connectivity index (χ1v) is 11.6. The Morgan fingerprint density at radius 1 is 1.21 bits per heavy atom. The third-order valence-corrected chi connectivity index (χ3v) is 6.71. The molecule has 156 valence electrons. The number of carbonyl (C=O) groups excluding carboxylic acids is 2. The molecule has 1 aliphatic heterocycles. The quantitative estimate of drug-likeness (QED) is 0.522. The van der Waals surface area contributed by atoms with Crippen LogP contribution in [0.25, 0.3) is 0 Å². The molecule has 29 heavy (non-hydrogen) atoms. The zero-order valence-corrected chi connectivity index (χ0v) is 18.5. The van der Waals surface area contributed by atoms with E-state index in [2.05, 4.69) is 29.4 Å². The number of carbonyl (C=O) groups is 2. The van der Waals surface area contributed by atoms with Gasteiger partial charge in [-0.25, -0.2) is 0 Å². The topological polar surface area (TPSA) is 84.4 Å². The molecule has 0 saturated carbocycles. The van der Waals surface area contributed by atoms with E-state index in [-0.39, 0.29) is 30.5 Å². The monoisotopic (exact) mass is 434 g/mol. The number of benzene rings is 1. The summed E-state index contributed by atoms with van der Waals surface area (Å²) in [5.41, 5.74) is 0.488. The lowest BCUT2D eigenvalue weighted by atomic mass is 9.97. The average molecular weight is 435 g/mol. The molecular weight excluding hydrogens is 408 g/mol. The van der Waals surface area contributed by atoms with Crippen molar-refractivity contribution in [3.63, 3.8) is 0 Å². The number of rotatable bonds is 7. The van der Waals surface area contributed by atoms with Crippen LogP contribution in [0.5, 0.6) is 5.75 Å². The smallest absolute Gasteiger partial charge is 0.260 e. The van der Waals surface area contributed by atoms with Crippen molar-refractivity contribution in [3.05, 3.63) is 29.8 Å². The molecule has 1 saturated heterocycles. The van der Waals surface area contributed by atoms with Crippen molar-refractivity contribution in [3.8, 4) is 5.75 Å². The second-order valence-corrected chi connectivity index (χ2v) is 9.49. The highest BCUT2D eigenvalue weighted by atomic mass is 32.2. The van der Waals surface area contributed by atoms with Crippen LogP contribution in [-0.4, -0.2) is 51.4 Å². The number of anilines is 1. The first-order chi connectivity index (χ1) is 14.0. The molecule has 0 spiro atoms.